The van der Waals surface area contributed by atoms with Gasteiger partial charge in [-0.05, 0) is 25.5 Å². The number of nitrogens with one attached hydrogen (secondary N) is 1. The highest BCUT2D eigenvalue weighted by Crippen LogP contribution is 1.94. The van der Waals surface area contributed by atoms with Gasteiger partial charge in [-0.1, -0.05) is 12.2 Å². The molecule has 0 radical (unpaired) electrons. The van der Waals surface area contributed by atoms with E-state index in [-0.39, 0.29) is 5.91 Å². The Hall–Kier alpha value is -1.64. The van der Waals surface area contributed by atoms with Crippen molar-refractivity contribution in [2.45, 2.75) is 13.3 Å². The Kier molecular flexibility index (Phi) is 4.41. The SMILES string of the molecule is C/C=C/CCNC(=O)c1cccnc1. The fraction of sp³-hybridized carbons (Fsp3) is 0.273. The summed E-state index contributed by atoms with van der Waals surface area (Å²) in [5.41, 5.74) is 0.605. The minimum Gasteiger partial charge on any atom is -0.352 e. The van der Waals surface area contributed by atoms with Crippen LogP contribution in [0.1, 0.15) is 23.7 Å². The molecule has 1 rings (SSSR count). The molecule has 0 aromatic carbocycles. The van der Waals surface area contributed by atoms with E-state index in [2.05, 4.69) is 10.3 Å². The molecule has 1 amide bonds. The molecular weight excluding hydrogens is 176 g/mol. The summed E-state index contributed by atoms with van der Waals surface area (Å²) in [6.07, 6.45) is 8.06. The third-order valence-electron chi connectivity index (χ3n) is 1.76. The quantitative estimate of drug-likeness (QED) is 0.581. The molecule has 0 fully saturated rings. The van der Waals surface area contributed by atoms with E-state index in [1.807, 2.05) is 19.1 Å². The Morgan fingerprint density at radius 2 is 2.50 bits per heavy atom. The highest BCUT2D eigenvalue weighted by molar-refractivity contribution is 5.93. The predicted octanol–water partition coefficient (Wildman–Crippen LogP) is 1.78. The van der Waals surface area contributed by atoms with Crippen LogP contribution in [-0.4, -0.2) is 17.4 Å². The van der Waals surface area contributed by atoms with Gasteiger partial charge in [-0.15, -0.1) is 0 Å². The fourth-order valence-electron chi connectivity index (χ4n) is 1.03. The lowest BCUT2D eigenvalue weighted by atomic mass is 10.2. The first-order chi connectivity index (χ1) is 6.84. The molecule has 0 saturated heterocycles. The summed E-state index contributed by atoms with van der Waals surface area (Å²) in [6.45, 7) is 2.63. The molecule has 74 valence electrons. The maximum absolute atomic E-state index is 11.4. The van der Waals surface area contributed by atoms with Gasteiger partial charge in [-0.3, -0.25) is 9.78 Å². The van der Waals surface area contributed by atoms with Crippen LogP contribution >= 0.6 is 0 Å². The zero-order valence-electron chi connectivity index (χ0n) is 8.23. The Morgan fingerprint density at radius 1 is 1.64 bits per heavy atom. The molecule has 3 nitrogen and oxygen atoms in total. The van der Waals surface area contributed by atoms with Crippen LogP contribution in [0.2, 0.25) is 0 Å². The molecule has 1 aromatic heterocycles. The van der Waals surface area contributed by atoms with Crippen LogP contribution in [-0.2, 0) is 0 Å². The number of rotatable bonds is 4. The minimum absolute atomic E-state index is 0.0670. The molecule has 0 saturated carbocycles. The van der Waals surface area contributed by atoms with Crippen molar-refractivity contribution in [3.05, 3.63) is 42.2 Å². The molecule has 1 heterocycles. The van der Waals surface area contributed by atoms with E-state index in [9.17, 15) is 4.79 Å². The highest BCUT2D eigenvalue weighted by Gasteiger charge is 2.02. The molecule has 0 bridgehead atoms. The average molecular weight is 190 g/mol. The van der Waals surface area contributed by atoms with Gasteiger partial charge in [0.25, 0.3) is 5.91 Å². The number of hydrogen-bond donors (Lipinski definition) is 1. The van der Waals surface area contributed by atoms with Gasteiger partial charge in [0.2, 0.25) is 0 Å². The number of aromatic nitrogens is 1. The average Bonchev–Trinajstić information content (AvgIpc) is 2.25. The van der Waals surface area contributed by atoms with E-state index in [4.69, 9.17) is 0 Å². The van der Waals surface area contributed by atoms with E-state index in [0.29, 0.717) is 12.1 Å². The second-order valence-electron chi connectivity index (χ2n) is 2.86. The molecule has 0 aliphatic heterocycles. The summed E-state index contributed by atoms with van der Waals surface area (Å²) in [4.78, 5) is 15.3. The van der Waals surface area contributed by atoms with E-state index < -0.39 is 0 Å². The fourth-order valence-corrected chi connectivity index (χ4v) is 1.03. The highest BCUT2D eigenvalue weighted by atomic mass is 16.1. The molecule has 1 aromatic rings. The Balaban J connectivity index is 2.36. The van der Waals surface area contributed by atoms with Crippen LogP contribution in [0.25, 0.3) is 0 Å². The van der Waals surface area contributed by atoms with Crippen molar-refractivity contribution in [2.75, 3.05) is 6.54 Å². The first kappa shape index (κ1) is 10.4. The molecule has 0 atom stereocenters. The van der Waals surface area contributed by atoms with Gasteiger partial charge in [0.1, 0.15) is 0 Å². The lowest BCUT2D eigenvalue weighted by molar-refractivity contribution is 0.0954. The van der Waals surface area contributed by atoms with Crippen molar-refractivity contribution in [3.63, 3.8) is 0 Å². The van der Waals surface area contributed by atoms with Crippen LogP contribution in [0.4, 0.5) is 0 Å². The second kappa shape index (κ2) is 5.91. The molecule has 0 aliphatic carbocycles. The Labute approximate surface area is 83.9 Å². The maximum Gasteiger partial charge on any atom is 0.252 e. The molecule has 3 heteroatoms. The summed E-state index contributed by atoms with van der Waals surface area (Å²) in [5.74, 6) is -0.0670. The van der Waals surface area contributed by atoms with E-state index >= 15 is 0 Å². The van der Waals surface area contributed by atoms with Crippen LogP contribution in [0.3, 0.4) is 0 Å². The topological polar surface area (TPSA) is 42.0 Å². The summed E-state index contributed by atoms with van der Waals surface area (Å²) < 4.78 is 0. The second-order valence-corrected chi connectivity index (χ2v) is 2.86. The number of pyridine rings is 1. The van der Waals surface area contributed by atoms with E-state index in [0.717, 1.165) is 6.42 Å². The van der Waals surface area contributed by atoms with Crippen molar-refractivity contribution in [1.29, 1.82) is 0 Å². The first-order valence-electron chi connectivity index (χ1n) is 4.64. The van der Waals surface area contributed by atoms with Crippen molar-refractivity contribution in [2.24, 2.45) is 0 Å². The first-order valence-corrected chi connectivity index (χ1v) is 4.64. The standard InChI is InChI=1S/C11H14N2O/c1-2-3-4-8-13-11(14)10-6-5-7-12-9-10/h2-3,5-7,9H,4,8H2,1H3,(H,13,14)/b3-2+. The van der Waals surface area contributed by atoms with Crippen LogP contribution < -0.4 is 5.32 Å². The Bertz CT molecular complexity index is 306. The molecule has 0 spiro atoms. The monoisotopic (exact) mass is 190 g/mol. The zero-order valence-corrected chi connectivity index (χ0v) is 8.23. The van der Waals surface area contributed by atoms with Gasteiger partial charge >= 0.3 is 0 Å². The van der Waals surface area contributed by atoms with E-state index in [1.54, 1.807) is 24.5 Å². The summed E-state index contributed by atoms with van der Waals surface area (Å²) in [5, 5.41) is 2.80. The van der Waals surface area contributed by atoms with Crippen LogP contribution in [0.15, 0.2) is 36.7 Å². The van der Waals surface area contributed by atoms with Gasteiger partial charge in [-0.25, -0.2) is 0 Å². The van der Waals surface area contributed by atoms with Crippen molar-refractivity contribution < 1.29 is 4.79 Å². The van der Waals surface area contributed by atoms with Gasteiger partial charge < -0.3 is 5.32 Å². The normalized spacial score (nSPS) is 10.4. The minimum atomic E-state index is -0.0670. The summed E-state index contributed by atoms with van der Waals surface area (Å²) in [7, 11) is 0. The number of carbonyl (C=O) groups excluding carboxylic acids is 1. The summed E-state index contributed by atoms with van der Waals surface area (Å²) >= 11 is 0. The number of hydrogen-bond acceptors (Lipinski definition) is 2. The Morgan fingerprint density at radius 3 is 3.14 bits per heavy atom. The maximum atomic E-state index is 11.4. The smallest absolute Gasteiger partial charge is 0.252 e. The van der Waals surface area contributed by atoms with Crippen LogP contribution in [0.5, 0.6) is 0 Å². The third kappa shape index (κ3) is 3.39. The predicted molar refractivity (Wildman–Crippen MR) is 56.0 cm³/mol. The molecular formula is C11H14N2O. The van der Waals surface area contributed by atoms with Gasteiger partial charge in [0, 0.05) is 18.9 Å². The number of amides is 1. The van der Waals surface area contributed by atoms with Crippen molar-refractivity contribution >= 4 is 5.91 Å². The number of allylic oxidation sites excluding steroid dienone is 1. The number of nitrogens with zero attached hydrogens (tertiary/aromatic N) is 1. The van der Waals surface area contributed by atoms with Gasteiger partial charge in [0.15, 0.2) is 0 Å². The lowest BCUT2D eigenvalue weighted by Gasteiger charge is -2.01. The van der Waals surface area contributed by atoms with Crippen molar-refractivity contribution in [1.82, 2.24) is 10.3 Å². The molecule has 1 N–H and O–H groups in total. The van der Waals surface area contributed by atoms with Gasteiger partial charge in [0.05, 0.1) is 5.56 Å². The zero-order chi connectivity index (χ0) is 10.2. The molecule has 0 unspecified atom stereocenters. The molecule has 14 heavy (non-hydrogen) atoms. The molecule has 0 aliphatic rings. The lowest BCUT2D eigenvalue weighted by Crippen LogP contribution is -2.24. The third-order valence-corrected chi connectivity index (χ3v) is 1.76. The van der Waals surface area contributed by atoms with E-state index in [1.165, 1.54) is 0 Å². The van der Waals surface area contributed by atoms with Crippen molar-refractivity contribution in [3.8, 4) is 0 Å². The van der Waals surface area contributed by atoms with Crippen LogP contribution in [0, 0.1) is 0 Å². The van der Waals surface area contributed by atoms with Gasteiger partial charge in [-0.2, -0.15) is 0 Å². The number of carbonyl (C=O) groups is 1. The summed E-state index contributed by atoms with van der Waals surface area (Å²) in [6, 6.07) is 3.50. The largest absolute Gasteiger partial charge is 0.352 e.